The third kappa shape index (κ3) is 2.75. The summed E-state index contributed by atoms with van der Waals surface area (Å²) in [4.78, 5) is 19.5. The van der Waals surface area contributed by atoms with Crippen molar-refractivity contribution in [3.8, 4) is 0 Å². The van der Waals surface area contributed by atoms with Gasteiger partial charge in [-0.05, 0) is 0 Å². The van der Waals surface area contributed by atoms with Crippen molar-refractivity contribution in [1.29, 1.82) is 0 Å². The van der Waals surface area contributed by atoms with Crippen molar-refractivity contribution in [2.45, 2.75) is 20.8 Å². The molecule has 0 atom stereocenters. The van der Waals surface area contributed by atoms with Crippen LogP contribution in [0.5, 0.6) is 0 Å². The molecule has 0 aliphatic carbocycles. The van der Waals surface area contributed by atoms with Gasteiger partial charge in [0.05, 0.1) is 0 Å². The minimum atomic E-state index is -3.24. The zero-order valence-corrected chi connectivity index (χ0v) is 8.58. The SMILES string of the molecule is CCSP(O)(O)(CC)CC. The van der Waals surface area contributed by atoms with Crippen LogP contribution in [0.2, 0.25) is 0 Å². The van der Waals surface area contributed by atoms with Crippen LogP contribution in [0.3, 0.4) is 0 Å². The van der Waals surface area contributed by atoms with Crippen molar-refractivity contribution in [2.24, 2.45) is 0 Å². The van der Waals surface area contributed by atoms with Gasteiger partial charge in [-0.2, -0.15) is 0 Å². The first-order chi connectivity index (χ1) is 4.46. The fraction of sp³-hybridized carbons (Fsp3) is 1.00. The van der Waals surface area contributed by atoms with E-state index in [9.17, 15) is 9.79 Å². The Hall–Kier alpha value is 0.700. The van der Waals surface area contributed by atoms with Crippen LogP contribution < -0.4 is 0 Å². The zero-order valence-electron chi connectivity index (χ0n) is 6.87. The van der Waals surface area contributed by atoms with Crippen LogP contribution in [-0.4, -0.2) is 27.9 Å². The van der Waals surface area contributed by atoms with Gasteiger partial charge in [-0.3, -0.25) is 0 Å². The van der Waals surface area contributed by atoms with Crippen molar-refractivity contribution in [3.63, 3.8) is 0 Å². The monoisotopic (exact) mass is 184 g/mol. The van der Waals surface area contributed by atoms with Gasteiger partial charge in [0.25, 0.3) is 0 Å². The van der Waals surface area contributed by atoms with E-state index in [0.717, 1.165) is 5.75 Å². The summed E-state index contributed by atoms with van der Waals surface area (Å²) >= 11 is 1.32. The Morgan fingerprint density at radius 2 is 1.50 bits per heavy atom. The van der Waals surface area contributed by atoms with E-state index in [1.54, 1.807) is 0 Å². The molecule has 2 N–H and O–H groups in total. The summed E-state index contributed by atoms with van der Waals surface area (Å²) in [5, 5.41) is 0. The van der Waals surface area contributed by atoms with Crippen molar-refractivity contribution >= 4 is 17.6 Å². The second-order valence-corrected chi connectivity index (χ2v) is 10.4. The molecule has 4 heteroatoms. The fourth-order valence-corrected chi connectivity index (χ4v) is 5.00. The van der Waals surface area contributed by atoms with Gasteiger partial charge in [-0.25, -0.2) is 0 Å². The van der Waals surface area contributed by atoms with E-state index in [1.807, 2.05) is 20.8 Å². The van der Waals surface area contributed by atoms with Crippen LogP contribution in [0.1, 0.15) is 20.8 Å². The Kier molecular flexibility index (Phi) is 3.64. The van der Waals surface area contributed by atoms with Crippen LogP contribution in [0, 0.1) is 0 Å². The Bertz CT molecular complexity index is 108. The second kappa shape index (κ2) is 3.40. The quantitative estimate of drug-likeness (QED) is 0.657. The molecule has 2 nitrogen and oxygen atoms in total. The Morgan fingerprint density at radius 1 is 1.10 bits per heavy atom. The van der Waals surface area contributed by atoms with Crippen molar-refractivity contribution in [1.82, 2.24) is 0 Å². The van der Waals surface area contributed by atoms with Gasteiger partial charge >= 0.3 is 66.3 Å². The maximum atomic E-state index is 9.74. The van der Waals surface area contributed by atoms with Crippen LogP contribution in [0.15, 0.2) is 0 Å². The predicted molar refractivity (Wildman–Crippen MR) is 50.6 cm³/mol. The molecule has 0 heterocycles. The van der Waals surface area contributed by atoms with Gasteiger partial charge in [0.15, 0.2) is 0 Å². The maximum absolute atomic E-state index is 9.74. The van der Waals surface area contributed by atoms with E-state index < -0.39 is 6.26 Å². The molecule has 0 amide bonds. The average molecular weight is 184 g/mol. The third-order valence-corrected chi connectivity index (χ3v) is 9.21. The first kappa shape index (κ1) is 10.7. The first-order valence-electron chi connectivity index (χ1n) is 3.63. The number of hydrogen-bond donors (Lipinski definition) is 2. The molecule has 0 unspecified atom stereocenters. The molecular formula is C6H17O2PS. The molecule has 0 aromatic rings. The molecular weight excluding hydrogens is 167 g/mol. The molecule has 64 valence electrons. The van der Waals surface area contributed by atoms with Crippen LogP contribution in [0.4, 0.5) is 0 Å². The molecule has 0 aromatic heterocycles. The summed E-state index contributed by atoms with van der Waals surface area (Å²) in [6.45, 7) is 5.62. The molecule has 0 saturated carbocycles. The van der Waals surface area contributed by atoms with Crippen LogP contribution >= 0.6 is 17.6 Å². The van der Waals surface area contributed by atoms with E-state index in [-0.39, 0.29) is 0 Å². The number of hydrogen-bond acceptors (Lipinski definition) is 3. The summed E-state index contributed by atoms with van der Waals surface area (Å²) in [6, 6.07) is 0. The first-order valence-corrected chi connectivity index (χ1v) is 7.73. The predicted octanol–water partition coefficient (Wildman–Crippen LogP) is 2.06. The number of rotatable bonds is 4. The Labute approximate surface area is 66.9 Å². The third-order valence-electron chi connectivity index (χ3n) is 1.70. The van der Waals surface area contributed by atoms with Crippen molar-refractivity contribution in [3.05, 3.63) is 0 Å². The molecule has 0 radical (unpaired) electrons. The molecule has 0 saturated heterocycles. The second-order valence-electron chi connectivity index (χ2n) is 2.35. The van der Waals surface area contributed by atoms with Gasteiger partial charge in [-0.1, -0.05) is 0 Å². The van der Waals surface area contributed by atoms with E-state index >= 15 is 0 Å². The normalized spacial score (nSPS) is 16.3. The van der Waals surface area contributed by atoms with E-state index in [0.29, 0.717) is 12.3 Å². The average Bonchev–Trinajstić information content (AvgIpc) is 1.90. The molecule has 0 spiro atoms. The molecule has 10 heavy (non-hydrogen) atoms. The summed E-state index contributed by atoms with van der Waals surface area (Å²) in [5.41, 5.74) is 0. The van der Waals surface area contributed by atoms with Gasteiger partial charge in [-0.15, -0.1) is 0 Å². The molecule has 0 aromatic carbocycles. The molecule has 0 bridgehead atoms. The minimum absolute atomic E-state index is 0.501. The Morgan fingerprint density at radius 3 is 1.60 bits per heavy atom. The summed E-state index contributed by atoms with van der Waals surface area (Å²) < 4.78 is 0. The van der Waals surface area contributed by atoms with Gasteiger partial charge < -0.3 is 0 Å². The topological polar surface area (TPSA) is 40.5 Å². The van der Waals surface area contributed by atoms with E-state index in [4.69, 9.17) is 0 Å². The van der Waals surface area contributed by atoms with Gasteiger partial charge in [0.1, 0.15) is 0 Å². The zero-order chi connectivity index (χ0) is 8.28. The standard InChI is InChI=1S/C6H17O2PS/c1-4-9(7,8,5-2)10-6-3/h7-8H,4-6H2,1-3H3. The summed E-state index contributed by atoms with van der Waals surface area (Å²) in [6.07, 6.45) is -2.24. The van der Waals surface area contributed by atoms with Crippen LogP contribution in [0.25, 0.3) is 0 Å². The molecule has 0 aliphatic rings. The molecule has 0 aliphatic heterocycles. The van der Waals surface area contributed by atoms with Gasteiger partial charge in [0, 0.05) is 0 Å². The van der Waals surface area contributed by atoms with E-state index in [2.05, 4.69) is 0 Å². The summed E-state index contributed by atoms with van der Waals surface area (Å²) in [7, 11) is 0. The summed E-state index contributed by atoms with van der Waals surface area (Å²) in [5.74, 6) is 0.784. The van der Waals surface area contributed by atoms with E-state index in [1.165, 1.54) is 11.4 Å². The Balaban J connectivity index is 4.19. The van der Waals surface area contributed by atoms with Crippen molar-refractivity contribution in [2.75, 3.05) is 18.1 Å². The molecule has 0 rings (SSSR count). The van der Waals surface area contributed by atoms with Crippen LogP contribution in [-0.2, 0) is 0 Å². The van der Waals surface area contributed by atoms with Gasteiger partial charge in [0.2, 0.25) is 0 Å². The van der Waals surface area contributed by atoms with Crippen molar-refractivity contribution < 1.29 is 9.79 Å². The molecule has 0 fully saturated rings. The fourth-order valence-electron chi connectivity index (χ4n) is 0.704.